The van der Waals surface area contributed by atoms with Gasteiger partial charge in [-0.1, -0.05) is 17.8 Å². The van der Waals surface area contributed by atoms with Crippen LogP contribution in [0, 0.1) is 0 Å². The zero-order valence-corrected chi connectivity index (χ0v) is 17.3. The maximum Gasteiger partial charge on any atom is 0.233 e. The van der Waals surface area contributed by atoms with Gasteiger partial charge in [-0.2, -0.15) is 0 Å². The van der Waals surface area contributed by atoms with Crippen molar-refractivity contribution in [1.82, 2.24) is 25.1 Å². The summed E-state index contributed by atoms with van der Waals surface area (Å²) in [6.45, 7) is 2.55. The first-order valence-corrected chi connectivity index (χ1v) is 10.7. The molecule has 1 saturated carbocycles. The molecule has 9 heteroatoms. The van der Waals surface area contributed by atoms with Crippen molar-refractivity contribution in [1.29, 1.82) is 0 Å². The van der Waals surface area contributed by atoms with E-state index in [-0.39, 0.29) is 18.0 Å². The predicted molar refractivity (Wildman–Crippen MR) is 111 cm³/mol. The Morgan fingerprint density at radius 1 is 1.27 bits per heavy atom. The number of nitrogens with one attached hydrogen (secondary N) is 1. The highest BCUT2D eigenvalue weighted by atomic mass is 32.2. The zero-order valence-electron chi connectivity index (χ0n) is 16.4. The maximum atomic E-state index is 12.7. The van der Waals surface area contributed by atoms with Crippen molar-refractivity contribution in [3.63, 3.8) is 0 Å². The molecule has 154 valence electrons. The fraction of sp³-hybridized carbons (Fsp3) is 0.333. The van der Waals surface area contributed by atoms with Gasteiger partial charge in [0.15, 0.2) is 22.5 Å². The highest BCUT2D eigenvalue weighted by Crippen LogP contribution is 2.41. The van der Waals surface area contributed by atoms with Crippen molar-refractivity contribution in [3.05, 3.63) is 48.3 Å². The summed E-state index contributed by atoms with van der Waals surface area (Å²) in [5.41, 5.74) is 1.90. The summed E-state index contributed by atoms with van der Waals surface area (Å²) >= 11 is 1.43. The van der Waals surface area contributed by atoms with E-state index in [1.54, 1.807) is 12.4 Å². The molecule has 30 heavy (non-hydrogen) atoms. The van der Waals surface area contributed by atoms with Crippen molar-refractivity contribution in [2.24, 2.45) is 0 Å². The number of pyridine rings is 1. The topological polar surface area (TPSA) is 91.2 Å². The van der Waals surface area contributed by atoms with Crippen LogP contribution in [-0.2, 0) is 11.3 Å². The number of hydrogen-bond acceptors (Lipinski definition) is 7. The second kappa shape index (κ2) is 7.98. The van der Waals surface area contributed by atoms with Crippen LogP contribution in [0.1, 0.15) is 31.4 Å². The van der Waals surface area contributed by atoms with E-state index in [2.05, 4.69) is 25.1 Å². The Kier molecular flexibility index (Phi) is 5.04. The van der Waals surface area contributed by atoms with Crippen LogP contribution < -0.4 is 14.8 Å². The zero-order chi connectivity index (χ0) is 20.5. The second-order valence-electron chi connectivity index (χ2n) is 7.31. The smallest absolute Gasteiger partial charge is 0.233 e. The molecule has 2 aromatic heterocycles. The molecule has 1 atom stereocenters. The lowest BCUT2D eigenvalue weighted by atomic mass is 10.2. The average Bonchev–Trinajstić information content (AvgIpc) is 3.35. The van der Waals surface area contributed by atoms with Gasteiger partial charge in [-0.3, -0.25) is 14.3 Å². The summed E-state index contributed by atoms with van der Waals surface area (Å²) in [6, 6.07) is 9.94. The third-order valence-corrected chi connectivity index (χ3v) is 6.11. The van der Waals surface area contributed by atoms with Gasteiger partial charge in [0.05, 0.1) is 5.25 Å². The molecule has 1 fully saturated rings. The van der Waals surface area contributed by atoms with Crippen LogP contribution in [0.3, 0.4) is 0 Å². The predicted octanol–water partition coefficient (Wildman–Crippen LogP) is 3.20. The Bertz CT molecular complexity index is 1070. The number of hydrogen-bond donors (Lipinski definition) is 1. The minimum absolute atomic E-state index is 0.0501. The summed E-state index contributed by atoms with van der Waals surface area (Å²) in [4.78, 5) is 16.9. The van der Waals surface area contributed by atoms with Crippen molar-refractivity contribution in [2.75, 3.05) is 6.79 Å². The molecule has 8 nitrogen and oxygen atoms in total. The highest BCUT2D eigenvalue weighted by molar-refractivity contribution is 8.00. The Balaban J connectivity index is 1.25. The first kappa shape index (κ1) is 18.9. The molecular formula is C21H21N5O3S. The molecule has 2 aliphatic rings. The van der Waals surface area contributed by atoms with Crippen LogP contribution in [0.4, 0.5) is 0 Å². The number of benzene rings is 1. The molecule has 1 unspecified atom stereocenters. The number of aromatic nitrogens is 4. The van der Waals surface area contributed by atoms with Crippen LogP contribution in [0.25, 0.3) is 11.4 Å². The van der Waals surface area contributed by atoms with Gasteiger partial charge < -0.3 is 14.8 Å². The number of nitrogens with zero attached hydrogens (tertiary/aromatic N) is 4. The lowest BCUT2D eigenvalue weighted by molar-refractivity contribution is -0.120. The van der Waals surface area contributed by atoms with Crippen LogP contribution >= 0.6 is 11.8 Å². The second-order valence-corrected chi connectivity index (χ2v) is 8.62. The van der Waals surface area contributed by atoms with Crippen LogP contribution in [0.5, 0.6) is 11.5 Å². The molecule has 3 aromatic rings. The lowest BCUT2D eigenvalue weighted by Crippen LogP contribution is -2.30. The molecule has 0 spiro atoms. The van der Waals surface area contributed by atoms with Gasteiger partial charge in [-0.05, 0) is 49.6 Å². The van der Waals surface area contributed by atoms with Crippen LogP contribution in [-0.4, -0.2) is 37.7 Å². The molecular weight excluding hydrogens is 402 g/mol. The summed E-state index contributed by atoms with van der Waals surface area (Å²) in [5.74, 6) is 2.20. The Morgan fingerprint density at radius 3 is 2.93 bits per heavy atom. The molecule has 0 saturated heterocycles. The standard InChI is InChI=1S/C21H21N5O3S/c1-13(20(27)23-10-14-4-7-17-18(9-14)29-12-28-17)30-21-25-24-19(26(21)16-5-6-16)15-3-2-8-22-11-15/h2-4,7-9,11,13,16H,5-6,10,12H2,1H3,(H,23,27). The quantitative estimate of drug-likeness (QED) is 0.584. The monoisotopic (exact) mass is 423 g/mol. The van der Waals surface area contributed by atoms with Gasteiger partial charge >= 0.3 is 0 Å². The van der Waals surface area contributed by atoms with Gasteiger partial charge in [-0.15, -0.1) is 10.2 Å². The maximum absolute atomic E-state index is 12.7. The first-order chi connectivity index (χ1) is 14.7. The van der Waals surface area contributed by atoms with Gasteiger partial charge in [-0.25, -0.2) is 0 Å². The van der Waals surface area contributed by atoms with E-state index >= 15 is 0 Å². The van der Waals surface area contributed by atoms with E-state index in [9.17, 15) is 4.79 Å². The number of ether oxygens (including phenoxy) is 2. The number of fused-ring (bicyclic) bond motifs is 1. The minimum atomic E-state index is -0.303. The summed E-state index contributed by atoms with van der Waals surface area (Å²) < 4.78 is 12.9. The first-order valence-electron chi connectivity index (χ1n) is 9.87. The number of carbonyl (C=O) groups is 1. The van der Waals surface area contributed by atoms with E-state index in [4.69, 9.17) is 9.47 Å². The summed E-state index contributed by atoms with van der Waals surface area (Å²) in [5, 5.41) is 12.2. The van der Waals surface area contributed by atoms with Crippen molar-refractivity contribution in [3.8, 4) is 22.9 Å². The molecule has 5 rings (SSSR count). The number of thioether (sulfide) groups is 1. The van der Waals surface area contributed by atoms with E-state index in [1.807, 2.05) is 37.3 Å². The Hall–Kier alpha value is -3.07. The van der Waals surface area contributed by atoms with E-state index < -0.39 is 0 Å². The van der Waals surface area contributed by atoms with Crippen LogP contribution in [0.15, 0.2) is 47.9 Å². The molecule has 1 aliphatic heterocycles. The molecule has 3 heterocycles. The van der Waals surface area contributed by atoms with Gasteiger partial charge in [0.2, 0.25) is 12.7 Å². The van der Waals surface area contributed by atoms with E-state index in [0.29, 0.717) is 18.3 Å². The Labute approximate surface area is 178 Å². The number of amides is 1. The normalized spacial score (nSPS) is 15.8. The fourth-order valence-corrected chi connectivity index (χ4v) is 4.25. The van der Waals surface area contributed by atoms with E-state index in [1.165, 1.54) is 11.8 Å². The van der Waals surface area contributed by atoms with E-state index in [0.717, 1.165) is 40.7 Å². The molecule has 1 aliphatic carbocycles. The highest BCUT2D eigenvalue weighted by Gasteiger charge is 2.31. The van der Waals surface area contributed by atoms with Gasteiger partial charge in [0.1, 0.15) is 0 Å². The number of carbonyl (C=O) groups excluding carboxylic acids is 1. The molecule has 1 aromatic carbocycles. The summed E-state index contributed by atoms with van der Waals surface area (Å²) in [7, 11) is 0. The van der Waals surface area contributed by atoms with Gasteiger partial charge in [0, 0.05) is 30.5 Å². The average molecular weight is 423 g/mol. The van der Waals surface area contributed by atoms with Crippen molar-refractivity contribution in [2.45, 2.75) is 42.8 Å². The molecule has 0 radical (unpaired) electrons. The van der Waals surface area contributed by atoms with Crippen molar-refractivity contribution < 1.29 is 14.3 Å². The SMILES string of the molecule is CC(Sc1nnc(-c2cccnc2)n1C1CC1)C(=O)NCc1ccc2c(c1)OCO2. The van der Waals surface area contributed by atoms with Crippen molar-refractivity contribution >= 4 is 17.7 Å². The summed E-state index contributed by atoms with van der Waals surface area (Å²) in [6.07, 6.45) is 5.73. The minimum Gasteiger partial charge on any atom is -0.454 e. The third kappa shape index (κ3) is 3.85. The molecule has 0 bridgehead atoms. The Morgan fingerprint density at radius 2 is 2.13 bits per heavy atom. The molecule has 1 amide bonds. The third-order valence-electron chi connectivity index (χ3n) is 5.05. The number of rotatable bonds is 7. The fourth-order valence-electron chi connectivity index (χ4n) is 3.31. The van der Waals surface area contributed by atoms with Crippen LogP contribution in [0.2, 0.25) is 0 Å². The lowest BCUT2D eigenvalue weighted by Gasteiger charge is -2.13. The molecule has 1 N–H and O–H groups in total. The largest absolute Gasteiger partial charge is 0.454 e. The van der Waals surface area contributed by atoms with Gasteiger partial charge in [0.25, 0.3) is 0 Å².